The summed E-state index contributed by atoms with van der Waals surface area (Å²) in [7, 11) is 0. The van der Waals surface area contributed by atoms with Gasteiger partial charge in [0.2, 0.25) is 0 Å². The van der Waals surface area contributed by atoms with Gasteiger partial charge in [-0.3, -0.25) is 4.79 Å². The van der Waals surface area contributed by atoms with E-state index < -0.39 is 0 Å². The fraction of sp³-hybridized carbons (Fsp3) is 0.105. The number of carbonyl (C=O) groups is 1. The van der Waals surface area contributed by atoms with E-state index in [1.54, 1.807) is 24.3 Å². The van der Waals surface area contributed by atoms with Gasteiger partial charge in [-0.15, -0.1) is 0 Å². The zero-order chi connectivity index (χ0) is 19.2. The highest BCUT2D eigenvalue weighted by Crippen LogP contribution is 2.31. The fourth-order valence-electron chi connectivity index (χ4n) is 2.31. The summed E-state index contributed by atoms with van der Waals surface area (Å²) >= 11 is 9.66. The number of nitriles is 1. The summed E-state index contributed by atoms with van der Waals surface area (Å²) in [6.45, 7) is 0.569. The second-order valence-corrected chi connectivity index (χ2v) is 7.97. The van der Waals surface area contributed by atoms with Crippen LogP contribution in [0.4, 0.5) is 0 Å². The maximum Gasteiger partial charge on any atom is 0.263 e. The second-order valence-electron chi connectivity index (χ2n) is 5.34. The van der Waals surface area contributed by atoms with Gasteiger partial charge >= 0.3 is 0 Å². The lowest BCUT2D eigenvalue weighted by Gasteiger charge is -2.12. The van der Waals surface area contributed by atoms with E-state index in [1.165, 1.54) is 11.8 Å². The van der Waals surface area contributed by atoms with Crippen LogP contribution in [0.3, 0.4) is 0 Å². The van der Waals surface area contributed by atoms with Crippen molar-refractivity contribution in [2.24, 2.45) is 0 Å². The van der Waals surface area contributed by atoms with Crippen LogP contribution in [-0.4, -0.2) is 23.4 Å². The number of nitrogens with zero attached hydrogens (tertiary/aromatic N) is 1. The molecule has 5 nitrogen and oxygen atoms in total. The highest BCUT2D eigenvalue weighted by Gasteiger charge is 2.22. The number of hydrogen-bond donors (Lipinski definition) is 1. The highest BCUT2D eigenvalue weighted by atomic mass is 79.9. The fourth-order valence-corrected chi connectivity index (χ4v) is 3.73. The van der Waals surface area contributed by atoms with Gasteiger partial charge in [0.15, 0.2) is 0 Å². The molecule has 136 valence electrons. The summed E-state index contributed by atoms with van der Waals surface area (Å²) in [5.74, 6) is 0.927. The third kappa shape index (κ3) is 5.10. The Balaban J connectivity index is 1.67. The van der Waals surface area contributed by atoms with Crippen LogP contribution >= 0.6 is 39.9 Å². The van der Waals surface area contributed by atoms with Gasteiger partial charge in [-0.1, -0.05) is 52.0 Å². The zero-order valence-corrected chi connectivity index (χ0v) is 17.1. The Hall–Kier alpha value is -2.34. The van der Waals surface area contributed by atoms with Crippen molar-refractivity contribution in [3.63, 3.8) is 0 Å². The number of amides is 1. The molecule has 27 heavy (non-hydrogen) atoms. The smallest absolute Gasteiger partial charge is 0.263 e. The Labute approximate surface area is 174 Å². The average Bonchev–Trinajstić information content (AvgIpc) is 2.97. The van der Waals surface area contributed by atoms with Crippen molar-refractivity contribution in [3.8, 4) is 17.6 Å². The van der Waals surface area contributed by atoms with Crippen LogP contribution < -0.4 is 14.8 Å². The molecule has 1 heterocycles. The third-order valence-corrected chi connectivity index (χ3v) is 5.16. The number of ether oxygens (including phenoxy) is 2. The molecule has 2 aromatic rings. The molecule has 0 spiro atoms. The Kier molecular flexibility index (Phi) is 6.50. The highest BCUT2D eigenvalue weighted by molar-refractivity contribution is 9.10. The molecule has 2 aromatic carbocycles. The average molecular weight is 461 g/mol. The van der Waals surface area contributed by atoms with Gasteiger partial charge in [-0.2, -0.15) is 5.26 Å². The van der Waals surface area contributed by atoms with E-state index in [9.17, 15) is 4.79 Å². The van der Waals surface area contributed by atoms with Gasteiger partial charge in [0, 0.05) is 10.0 Å². The second kappa shape index (κ2) is 9.04. The standard InChI is InChI=1S/C19H13BrN2O3S2/c20-14-5-6-16(13(9-14)10-17-18(23)22-19(26)27-17)25-8-7-24-15-4-2-1-3-12(15)11-21/h1-6,9-10H,7-8H2,(H,22,23,26)/b17-10-. The molecule has 1 amide bonds. The van der Waals surface area contributed by atoms with Gasteiger partial charge in [0.1, 0.15) is 35.1 Å². The number of carbonyl (C=O) groups excluding carboxylic acids is 1. The monoisotopic (exact) mass is 460 g/mol. The molecule has 0 aromatic heterocycles. The van der Waals surface area contributed by atoms with E-state index in [1.807, 2.05) is 24.3 Å². The molecule has 1 N–H and O–H groups in total. The van der Waals surface area contributed by atoms with Crippen LogP contribution in [0.25, 0.3) is 6.08 Å². The molecule has 1 saturated heterocycles. The number of thioether (sulfide) groups is 1. The van der Waals surface area contributed by atoms with Gasteiger partial charge in [-0.05, 0) is 36.4 Å². The molecule has 0 radical (unpaired) electrons. The van der Waals surface area contributed by atoms with Crippen LogP contribution in [0.2, 0.25) is 0 Å². The summed E-state index contributed by atoms with van der Waals surface area (Å²) in [5.41, 5.74) is 1.23. The molecule has 0 unspecified atom stereocenters. The van der Waals surface area contributed by atoms with E-state index in [-0.39, 0.29) is 19.1 Å². The third-order valence-electron chi connectivity index (χ3n) is 3.51. The van der Waals surface area contributed by atoms with Crippen LogP contribution in [0.5, 0.6) is 11.5 Å². The molecule has 8 heteroatoms. The Bertz CT molecular complexity index is 970. The minimum atomic E-state index is -0.215. The first-order chi connectivity index (χ1) is 13.1. The maximum absolute atomic E-state index is 11.9. The van der Waals surface area contributed by atoms with E-state index in [0.29, 0.717) is 26.3 Å². The lowest BCUT2D eigenvalue weighted by molar-refractivity contribution is -0.115. The van der Waals surface area contributed by atoms with Crippen molar-refractivity contribution >= 4 is 56.2 Å². The van der Waals surface area contributed by atoms with Crippen LogP contribution in [0.1, 0.15) is 11.1 Å². The van der Waals surface area contributed by atoms with Crippen molar-refractivity contribution < 1.29 is 14.3 Å². The van der Waals surface area contributed by atoms with Crippen molar-refractivity contribution in [2.45, 2.75) is 0 Å². The van der Waals surface area contributed by atoms with Crippen molar-refractivity contribution in [3.05, 3.63) is 63.0 Å². The van der Waals surface area contributed by atoms with Gasteiger partial charge in [0.05, 0.1) is 10.5 Å². The Morgan fingerprint density at radius 2 is 1.93 bits per heavy atom. The lowest BCUT2D eigenvalue weighted by atomic mass is 10.2. The van der Waals surface area contributed by atoms with E-state index in [0.717, 1.165) is 10.0 Å². The van der Waals surface area contributed by atoms with E-state index in [2.05, 4.69) is 27.3 Å². The predicted molar refractivity (Wildman–Crippen MR) is 113 cm³/mol. The van der Waals surface area contributed by atoms with Crippen LogP contribution in [-0.2, 0) is 4.79 Å². The molecule has 0 atom stereocenters. The van der Waals surface area contributed by atoms with Gasteiger partial charge < -0.3 is 14.8 Å². The van der Waals surface area contributed by atoms with Crippen molar-refractivity contribution in [1.29, 1.82) is 5.26 Å². The molecule has 1 fully saturated rings. The summed E-state index contributed by atoms with van der Waals surface area (Å²) < 4.78 is 12.7. The van der Waals surface area contributed by atoms with E-state index in [4.69, 9.17) is 27.0 Å². The topological polar surface area (TPSA) is 71.3 Å². The normalized spacial score (nSPS) is 14.7. The first kappa shape index (κ1) is 19.4. The van der Waals surface area contributed by atoms with Crippen LogP contribution in [0.15, 0.2) is 51.8 Å². The number of halogens is 1. The SMILES string of the molecule is N#Cc1ccccc1OCCOc1ccc(Br)cc1/C=C1\SC(=S)NC1=O. The van der Waals surface area contributed by atoms with E-state index >= 15 is 0 Å². The largest absolute Gasteiger partial charge is 0.489 e. The predicted octanol–water partition coefficient (Wildman–Crippen LogP) is 4.27. The number of nitrogens with one attached hydrogen (secondary N) is 1. The molecule has 1 aliphatic rings. The first-order valence-corrected chi connectivity index (χ1v) is 9.88. The first-order valence-electron chi connectivity index (χ1n) is 7.86. The number of para-hydroxylation sites is 1. The Morgan fingerprint density at radius 3 is 2.63 bits per heavy atom. The maximum atomic E-state index is 11.9. The molecule has 1 aliphatic heterocycles. The van der Waals surface area contributed by atoms with Gasteiger partial charge in [-0.25, -0.2) is 0 Å². The number of thiocarbonyl (C=S) groups is 1. The minimum absolute atomic E-state index is 0.215. The molecule has 3 rings (SSSR count). The summed E-state index contributed by atoms with van der Waals surface area (Å²) in [6, 6.07) is 14.7. The minimum Gasteiger partial charge on any atom is -0.489 e. The van der Waals surface area contributed by atoms with Crippen molar-refractivity contribution in [2.75, 3.05) is 13.2 Å². The summed E-state index contributed by atoms with van der Waals surface area (Å²) in [5, 5.41) is 11.7. The van der Waals surface area contributed by atoms with Crippen molar-refractivity contribution in [1.82, 2.24) is 5.32 Å². The number of rotatable bonds is 6. The zero-order valence-electron chi connectivity index (χ0n) is 13.9. The summed E-state index contributed by atoms with van der Waals surface area (Å²) in [6.07, 6.45) is 1.74. The van der Waals surface area contributed by atoms with Gasteiger partial charge in [0.25, 0.3) is 5.91 Å². The molecular formula is C19H13BrN2O3S2. The summed E-state index contributed by atoms with van der Waals surface area (Å²) in [4.78, 5) is 12.4. The Morgan fingerprint density at radius 1 is 1.19 bits per heavy atom. The molecule has 0 aliphatic carbocycles. The molecule has 0 saturated carbocycles. The molecular weight excluding hydrogens is 448 g/mol. The quantitative estimate of drug-likeness (QED) is 0.394. The number of hydrogen-bond acceptors (Lipinski definition) is 6. The molecule has 0 bridgehead atoms. The lowest BCUT2D eigenvalue weighted by Crippen LogP contribution is -2.17. The van der Waals surface area contributed by atoms with Crippen LogP contribution in [0, 0.1) is 11.3 Å². The number of benzene rings is 2.